The predicted molar refractivity (Wildman–Crippen MR) is 149 cm³/mol. The maximum atomic E-state index is 14.1. The second-order valence-corrected chi connectivity index (χ2v) is 13.5. The summed E-state index contributed by atoms with van der Waals surface area (Å²) >= 11 is 11.2. The summed E-state index contributed by atoms with van der Waals surface area (Å²) in [5.41, 5.74) is 1.77. The van der Waals surface area contributed by atoms with E-state index < -0.39 is 24.2 Å². The summed E-state index contributed by atoms with van der Waals surface area (Å²) in [7, 11) is 0. The number of carbonyl (C=O) groups is 1. The fraction of sp³-hybridized carbons (Fsp3) is 0.444. The Balaban J connectivity index is 1.46. The first-order valence-electron chi connectivity index (χ1n) is 12.5. The van der Waals surface area contributed by atoms with Gasteiger partial charge in [0.1, 0.15) is 21.9 Å². The number of fused-ring (bicyclic) bond motifs is 2. The molecule has 12 heteroatoms. The molecule has 2 N–H and O–H groups in total. The molecule has 0 spiro atoms. The smallest absolute Gasteiger partial charge is 0.362 e. The normalized spacial score (nSPS) is 20.9. The molecule has 5 rings (SSSR count). The number of nitrogens with zero attached hydrogens (tertiary/aromatic N) is 3. The summed E-state index contributed by atoms with van der Waals surface area (Å²) in [5, 5.41) is 19.8. The van der Waals surface area contributed by atoms with Crippen LogP contribution in [-0.4, -0.2) is 21.9 Å². The molecule has 2 aliphatic rings. The highest BCUT2D eigenvalue weighted by Gasteiger charge is 2.48. The van der Waals surface area contributed by atoms with Crippen LogP contribution in [0, 0.1) is 22.7 Å². The van der Waals surface area contributed by atoms with Crippen LogP contribution in [0.5, 0.6) is 0 Å². The van der Waals surface area contributed by atoms with Gasteiger partial charge in [0.05, 0.1) is 11.6 Å². The van der Waals surface area contributed by atoms with Crippen LogP contribution < -0.4 is 10.6 Å². The van der Waals surface area contributed by atoms with Crippen molar-refractivity contribution in [2.45, 2.75) is 64.7 Å². The monoisotopic (exact) mass is 639 g/mol. The second-order valence-electron chi connectivity index (χ2n) is 11.1. The van der Waals surface area contributed by atoms with Gasteiger partial charge in [-0.3, -0.25) is 4.79 Å². The number of anilines is 2. The zero-order valence-corrected chi connectivity index (χ0v) is 24.6. The summed E-state index contributed by atoms with van der Waals surface area (Å²) in [5.74, 6) is -0.383. The zero-order chi connectivity index (χ0) is 28.3. The summed E-state index contributed by atoms with van der Waals surface area (Å²) < 4.78 is 44.0. The lowest BCUT2D eigenvalue weighted by Gasteiger charge is -2.33. The minimum absolute atomic E-state index is 0.0673. The van der Waals surface area contributed by atoms with Crippen molar-refractivity contribution >= 4 is 55.6 Å². The number of rotatable bonds is 3. The number of amides is 1. The number of nitrogens with one attached hydrogen (secondary N) is 2. The molecule has 1 aromatic carbocycles. The molecule has 39 heavy (non-hydrogen) atoms. The van der Waals surface area contributed by atoms with E-state index >= 15 is 0 Å². The van der Waals surface area contributed by atoms with Gasteiger partial charge in [0.2, 0.25) is 0 Å². The van der Waals surface area contributed by atoms with E-state index in [0.29, 0.717) is 22.0 Å². The molecular formula is C27H26BrClF3N5OS. The van der Waals surface area contributed by atoms with Crippen molar-refractivity contribution in [2.75, 3.05) is 10.6 Å². The number of alkyl halides is 3. The summed E-state index contributed by atoms with van der Waals surface area (Å²) in [6.45, 7) is 6.57. The molecule has 1 amide bonds. The van der Waals surface area contributed by atoms with Gasteiger partial charge in [0.25, 0.3) is 5.91 Å². The van der Waals surface area contributed by atoms with Gasteiger partial charge in [0, 0.05) is 15.8 Å². The van der Waals surface area contributed by atoms with Crippen LogP contribution in [0.3, 0.4) is 0 Å². The molecule has 3 atom stereocenters. The van der Waals surface area contributed by atoms with Crippen molar-refractivity contribution in [1.82, 2.24) is 9.78 Å². The van der Waals surface area contributed by atoms with Gasteiger partial charge in [-0.05, 0) is 53.9 Å². The average molecular weight is 641 g/mol. The van der Waals surface area contributed by atoms with Crippen LogP contribution in [0.15, 0.2) is 28.7 Å². The molecule has 3 unspecified atom stereocenters. The van der Waals surface area contributed by atoms with Crippen LogP contribution >= 0.6 is 38.9 Å². The lowest BCUT2D eigenvalue weighted by Crippen LogP contribution is -2.35. The largest absolute Gasteiger partial charge is 0.410 e. The Morgan fingerprint density at radius 2 is 1.97 bits per heavy atom. The Morgan fingerprint density at radius 1 is 1.28 bits per heavy atom. The minimum Gasteiger partial charge on any atom is -0.362 e. The van der Waals surface area contributed by atoms with Gasteiger partial charge in [-0.15, -0.1) is 11.3 Å². The maximum absolute atomic E-state index is 14.1. The van der Waals surface area contributed by atoms with E-state index in [2.05, 4.69) is 58.5 Å². The third-order valence-electron chi connectivity index (χ3n) is 7.61. The van der Waals surface area contributed by atoms with Crippen LogP contribution in [0.25, 0.3) is 0 Å². The standard InChI is InChI=1S/C27H26BrClF3N5OS/c1-26(2,3)14-6-9-16-17(12-33)25(39-19(16)10-14)35-24(38)22-21(29)23-34-18(13-4-7-15(28)8-5-13)11-20(27(30,31)32)37(23)36-22/h4-5,7-8,14,18,20,34H,6,9-11H2,1-3H3,(H,35,38). The van der Waals surface area contributed by atoms with E-state index in [0.717, 1.165) is 38.9 Å². The van der Waals surface area contributed by atoms with Gasteiger partial charge >= 0.3 is 6.18 Å². The van der Waals surface area contributed by atoms with Crippen LogP contribution in [0.1, 0.15) is 77.8 Å². The Morgan fingerprint density at radius 3 is 2.59 bits per heavy atom. The Hall–Kier alpha value is -2.55. The average Bonchev–Trinajstić information content (AvgIpc) is 3.39. The van der Waals surface area contributed by atoms with Gasteiger partial charge in [-0.2, -0.15) is 23.5 Å². The van der Waals surface area contributed by atoms with Gasteiger partial charge in [0.15, 0.2) is 11.7 Å². The number of hydrogen-bond donors (Lipinski definition) is 2. The van der Waals surface area contributed by atoms with Crippen molar-refractivity contribution in [3.8, 4) is 6.07 Å². The Labute approximate surface area is 241 Å². The van der Waals surface area contributed by atoms with Crippen molar-refractivity contribution in [1.29, 1.82) is 5.26 Å². The van der Waals surface area contributed by atoms with Gasteiger partial charge in [-0.1, -0.05) is 60.4 Å². The predicted octanol–water partition coefficient (Wildman–Crippen LogP) is 8.30. The molecule has 0 saturated heterocycles. The van der Waals surface area contributed by atoms with E-state index in [4.69, 9.17) is 11.6 Å². The molecule has 6 nitrogen and oxygen atoms in total. The van der Waals surface area contributed by atoms with Crippen molar-refractivity contribution < 1.29 is 18.0 Å². The molecule has 1 aliphatic heterocycles. The number of aromatic nitrogens is 2. The quantitative estimate of drug-likeness (QED) is 0.302. The van der Waals surface area contributed by atoms with E-state index in [1.807, 2.05) is 0 Å². The molecule has 0 saturated carbocycles. The van der Waals surface area contributed by atoms with Gasteiger partial charge < -0.3 is 10.6 Å². The number of thiophene rings is 1. The lowest BCUT2D eigenvalue weighted by atomic mass is 9.72. The highest BCUT2D eigenvalue weighted by molar-refractivity contribution is 9.10. The fourth-order valence-corrected chi connectivity index (χ4v) is 7.14. The third-order valence-corrected chi connectivity index (χ3v) is 9.67. The highest BCUT2D eigenvalue weighted by Crippen LogP contribution is 2.47. The number of benzene rings is 1. The topological polar surface area (TPSA) is 82.7 Å². The zero-order valence-electron chi connectivity index (χ0n) is 21.4. The third kappa shape index (κ3) is 5.31. The van der Waals surface area contributed by atoms with Crippen LogP contribution in [-0.2, 0) is 12.8 Å². The number of hydrogen-bond acceptors (Lipinski definition) is 5. The first kappa shape index (κ1) is 28.0. The molecular weight excluding hydrogens is 615 g/mol. The first-order chi connectivity index (χ1) is 18.3. The van der Waals surface area contributed by atoms with Crippen molar-refractivity contribution in [3.05, 3.63) is 61.0 Å². The lowest BCUT2D eigenvalue weighted by molar-refractivity contribution is -0.173. The van der Waals surface area contributed by atoms with E-state index in [1.54, 1.807) is 24.3 Å². The van der Waals surface area contributed by atoms with Crippen LogP contribution in [0.2, 0.25) is 5.02 Å². The SMILES string of the molecule is CC(C)(C)C1CCc2c(sc(NC(=O)c3nn4c(c3Cl)NC(c3ccc(Br)cc3)CC4C(F)(F)F)c2C#N)C1. The minimum atomic E-state index is -4.61. The molecule has 3 aromatic rings. The maximum Gasteiger partial charge on any atom is 0.410 e. The van der Waals surface area contributed by atoms with E-state index in [1.165, 1.54) is 11.3 Å². The summed E-state index contributed by atoms with van der Waals surface area (Å²) in [4.78, 5) is 14.4. The molecule has 3 heterocycles. The number of nitriles is 1. The molecule has 2 aromatic heterocycles. The second kappa shape index (κ2) is 10.1. The molecule has 0 bridgehead atoms. The first-order valence-corrected chi connectivity index (χ1v) is 14.5. The number of carbonyl (C=O) groups excluding carboxylic acids is 1. The van der Waals surface area contributed by atoms with E-state index in [9.17, 15) is 23.2 Å². The summed E-state index contributed by atoms with van der Waals surface area (Å²) in [6.07, 6.45) is -2.44. The summed E-state index contributed by atoms with van der Waals surface area (Å²) in [6, 6.07) is 6.51. The van der Waals surface area contributed by atoms with Gasteiger partial charge in [-0.25, -0.2) is 4.68 Å². The molecule has 206 valence electrons. The molecule has 1 aliphatic carbocycles. The molecule has 0 radical (unpaired) electrons. The Bertz CT molecular complexity index is 1470. The highest BCUT2D eigenvalue weighted by atomic mass is 79.9. The fourth-order valence-electron chi connectivity index (χ4n) is 5.34. The number of halogens is 5. The van der Waals surface area contributed by atoms with Crippen molar-refractivity contribution in [2.24, 2.45) is 11.3 Å². The molecule has 0 fully saturated rings. The Kier molecular flexibility index (Phi) is 7.27. The van der Waals surface area contributed by atoms with E-state index in [-0.39, 0.29) is 28.4 Å². The van der Waals surface area contributed by atoms with Crippen LogP contribution in [0.4, 0.5) is 24.0 Å². The van der Waals surface area contributed by atoms with Crippen molar-refractivity contribution in [3.63, 3.8) is 0 Å².